The summed E-state index contributed by atoms with van der Waals surface area (Å²) in [4.78, 5) is 0. The van der Waals surface area contributed by atoms with Gasteiger partial charge in [0.2, 0.25) is 0 Å². The van der Waals surface area contributed by atoms with Gasteiger partial charge in [-0.05, 0) is 50.3 Å². The van der Waals surface area contributed by atoms with Crippen LogP contribution in [0.2, 0.25) is 0 Å². The summed E-state index contributed by atoms with van der Waals surface area (Å²) in [5.41, 5.74) is 5.47. The number of rotatable bonds is 3. The Morgan fingerprint density at radius 1 is 1.19 bits per heavy atom. The molecule has 0 bridgehead atoms. The first-order valence-electron chi connectivity index (χ1n) is 6.04. The third-order valence-electron chi connectivity index (χ3n) is 3.52. The molecule has 2 N–H and O–H groups in total. The van der Waals surface area contributed by atoms with E-state index in [0.29, 0.717) is 6.04 Å². The molecule has 0 radical (unpaired) electrons. The number of aryl methyl sites for hydroxylation is 3. The summed E-state index contributed by atoms with van der Waals surface area (Å²) < 4.78 is 0. The summed E-state index contributed by atoms with van der Waals surface area (Å²) in [5.74, 6) is 0. The lowest BCUT2D eigenvalue weighted by atomic mass is 9.89. The Bertz CT molecular complexity index is 357. The van der Waals surface area contributed by atoms with Gasteiger partial charge in [-0.2, -0.15) is 0 Å². The van der Waals surface area contributed by atoms with Gasteiger partial charge in [0.05, 0.1) is 6.10 Å². The van der Waals surface area contributed by atoms with E-state index in [1.165, 1.54) is 22.3 Å². The lowest BCUT2D eigenvalue weighted by Crippen LogP contribution is -2.43. The minimum Gasteiger partial charge on any atom is -0.393 e. The summed E-state index contributed by atoms with van der Waals surface area (Å²) in [6, 6.07) is 4.98. The molecular formula is C14H21NO. The van der Waals surface area contributed by atoms with Crippen LogP contribution in [0.5, 0.6) is 0 Å². The molecule has 0 amide bonds. The van der Waals surface area contributed by atoms with E-state index in [2.05, 4.69) is 38.2 Å². The van der Waals surface area contributed by atoms with E-state index in [4.69, 9.17) is 0 Å². The maximum atomic E-state index is 9.22. The molecule has 0 atom stereocenters. The SMILES string of the molecule is Cc1cc(C)c(CNC2CC(O)C2)c(C)c1. The van der Waals surface area contributed by atoms with Crippen LogP contribution in [0, 0.1) is 20.8 Å². The average Bonchev–Trinajstić information content (AvgIpc) is 2.12. The molecule has 88 valence electrons. The van der Waals surface area contributed by atoms with E-state index in [-0.39, 0.29) is 6.10 Å². The largest absolute Gasteiger partial charge is 0.393 e. The van der Waals surface area contributed by atoms with E-state index in [1.807, 2.05) is 0 Å². The lowest BCUT2D eigenvalue weighted by molar-refractivity contribution is 0.0619. The zero-order valence-electron chi connectivity index (χ0n) is 10.4. The molecule has 1 aliphatic carbocycles. The van der Waals surface area contributed by atoms with Gasteiger partial charge >= 0.3 is 0 Å². The van der Waals surface area contributed by atoms with E-state index in [0.717, 1.165) is 19.4 Å². The minimum absolute atomic E-state index is 0.0716. The highest BCUT2D eigenvalue weighted by Crippen LogP contribution is 2.21. The average molecular weight is 219 g/mol. The van der Waals surface area contributed by atoms with Crippen LogP contribution in [-0.2, 0) is 6.54 Å². The van der Waals surface area contributed by atoms with Crippen molar-refractivity contribution in [2.75, 3.05) is 0 Å². The van der Waals surface area contributed by atoms with Crippen LogP contribution in [0.15, 0.2) is 12.1 Å². The van der Waals surface area contributed by atoms with Gasteiger partial charge in [0.25, 0.3) is 0 Å². The predicted molar refractivity (Wildman–Crippen MR) is 66.5 cm³/mol. The molecular weight excluding hydrogens is 198 g/mol. The van der Waals surface area contributed by atoms with Gasteiger partial charge in [-0.3, -0.25) is 0 Å². The first-order chi connectivity index (χ1) is 7.56. The standard InChI is InChI=1S/C14H21NO/c1-9-4-10(2)14(11(3)5-9)8-15-12-6-13(16)7-12/h4-5,12-13,15-16H,6-8H2,1-3H3. The monoisotopic (exact) mass is 219 g/mol. The van der Waals surface area contributed by atoms with E-state index in [9.17, 15) is 5.11 Å². The molecule has 0 unspecified atom stereocenters. The van der Waals surface area contributed by atoms with Crippen molar-refractivity contribution in [3.8, 4) is 0 Å². The van der Waals surface area contributed by atoms with Gasteiger partial charge in [0.1, 0.15) is 0 Å². The Balaban J connectivity index is 1.98. The quantitative estimate of drug-likeness (QED) is 0.817. The molecule has 0 heterocycles. The molecule has 2 heteroatoms. The van der Waals surface area contributed by atoms with Crippen molar-refractivity contribution in [1.82, 2.24) is 5.32 Å². The fourth-order valence-electron chi connectivity index (χ4n) is 2.49. The van der Waals surface area contributed by atoms with E-state index in [1.54, 1.807) is 0 Å². The van der Waals surface area contributed by atoms with Gasteiger partial charge in [-0.15, -0.1) is 0 Å². The summed E-state index contributed by atoms with van der Waals surface area (Å²) in [6.07, 6.45) is 1.74. The maximum Gasteiger partial charge on any atom is 0.0570 e. The molecule has 16 heavy (non-hydrogen) atoms. The molecule has 0 spiro atoms. The van der Waals surface area contributed by atoms with Crippen LogP contribution < -0.4 is 5.32 Å². The van der Waals surface area contributed by atoms with Crippen molar-refractivity contribution in [3.63, 3.8) is 0 Å². The third-order valence-corrected chi connectivity index (χ3v) is 3.52. The van der Waals surface area contributed by atoms with Crippen molar-refractivity contribution < 1.29 is 5.11 Å². The molecule has 2 nitrogen and oxygen atoms in total. The van der Waals surface area contributed by atoms with Crippen molar-refractivity contribution in [3.05, 3.63) is 34.4 Å². The number of nitrogens with one attached hydrogen (secondary N) is 1. The van der Waals surface area contributed by atoms with Gasteiger partial charge in [0, 0.05) is 12.6 Å². The van der Waals surface area contributed by atoms with Gasteiger partial charge in [-0.1, -0.05) is 17.7 Å². The maximum absolute atomic E-state index is 9.22. The van der Waals surface area contributed by atoms with Crippen molar-refractivity contribution in [2.45, 2.75) is 52.3 Å². The predicted octanol–water partition coefficient (Wildman–Crippen LogP) is 2.22. The number of aliphatic hydroxyl groups is 1. The molecule has 1 fully saturated rings. The Hall–Kier alpha value is -0.860. The fraction of sp³-hybridized carbons (Fsp3) is 0.571. The van der Waals surface area contributed by atoms with Gasteiger partial charge < -0.3 is 10.4 Å². The van der Waals surface area contributed by atoms with Crippen LogP contribution >= 0.6 is 0 Å². The Morgan fingerprint density at radius 2 is 1.75 bits per heavy atom. The summed E-state index contributed by atoms with van der Waals surface area (Å²) >= 11 is 0. The minimum atomic E-state index is -0.0716. The molecule has 1 saturated carbocycles. The van der Waals surface area contributed by atoms with Crippen molar-refractivity contribution in [2.24, 2.45) is 0 Å². The molecule has 2 rings (SSSR count). The summed E-state index contributed by atoms with van der Waals surface area (Å²) in [6.45, 7) is 7.41. The number of hydrogen-bond acceptors (Lipinski definition) is 2. The molecule has 0 aromatic heterocycles. The second-order valence-electron chi connectivity index (χ2n) is 5.08. The number of hydrogen-bond donors (Lipinski definition) is 2. The van der Waals surface area contributed by atoms with Crippen molar-refractivity contribution >= 4 is 0 Å². The van der Waals surface area contributed by atoms with Crippen LogP contribution in [0.4, 0.5) is 0 Å². The molecule has 0 aliphatic heterocycles. The first-order valence-corrected chi connectivity index (χ1v) is 6.04. The first kappa shape index (κ1) is 11.6. The second kappa shape index (κ2) is 4.56. The summed E-state index contributed by atoms with van der Waals surface area (Å²) in [5, 5.41) is 12.7. The normalized spacial score (nSPS) is 24.2. The molecule has 1 aromatic rings. The van der Waals surface area contributed by atoms with Crippen LogP contribution in [0.3, 0.4) is 0 Å². The van der Waals surface area contributed by atoms with Crippen LogP contribution in [0.1, 0.15) is 35.1 Å². The Labute approximate surface area is 97.7 Å². The Morgan fingerprint density at radius 3 is 2.25 bits per heavy atom. The number of benzene rings is 1. The van der Waals surface area contributed by atoms with Gasteiger partial charge in [0.15, 0.2) is 0 Å². The summed E-state index contributed by atoms with van der Waals surface area (Å²) in [7, 11) is 0. The molecule has 1 aromatic carbocycles. The van der Waals surface area contributed by atoms with Gasteiger partial charge in [-0.25, -0.2) is 0 Å². The zero-order chi connectivity index (χ0) is 11.7. The fourth-order valence-corrected chi connectivity index (χ4v) is 2.49. The second-order valence-corrected chi connectivity index (χ2v) is 5.08. The highest BCUT2D eigenvalue weighted by atomic mass is 16.3. The third kappa shape index (κ3) is 2.45. The van der Waals surface area contributed by atoms with E-state index < -0.39 is 0 Å². The van der Waals surface area contributed by atoms with E-state index >= 15 is 0 Å². The van der Waals surface area contributed by atoms with Crippen LogP contribution in [-0.4, -0.2) is 17.3 Å². The van der Waals surface area contributed by atoms with Crippen LogP contribution in [0.25, 0.3) is 0 Å². The topological polar surface area (TPSA) is 32.3 Å². The molecule has 0 saturated heterocycles. The zero-order valence-corrected chi connectivity index (χ0v) is 10.4. The molecule has 1 aliphatic rings. The highest BCUT2D eigenvalue weighted by molar-refractivity contribution is 5.37. The smallest absolute Gasteiger partial charge is 0.0570 e. The van der Waals surface area contributed by atoms with Crippen molar-refractivity contribution in [1.29, 1.82) is 0 Å². The highest BCUT2D eigenvalue weighted by Gasteiger charge is 2.26. The number of aliphatic hydroxyl groups excluding tert-OH is 1. The Kier molecular flexibility index (Phi) is 3.31. The lowest BCUT2D eigenvalue weighted by Gasteiger charge is -2.32.